The molecule has 0 aliphatic carbocycles. The maximum Gasteiger partial charge on any atom is 0.0542 e. The predicted molar refractivity (Wildman–Crippen MR) is 47.6 cm³/mol. The van der Waals surface area contributed by atoms with Crippen molar-refractivity contribution >= 4 is 5.91 Å². The summed E-state index contributed by atoms with van der Waals surface area (Å²) in [5.41, 5.74) is 0. The van der Waals surface area contributed by atoms with Crippen molar-refractivity contribution in [3.8, 4) is 0 Å². The van der Waals surface area contributed by atoms with E-state index in [9.17, 15) is 4.79 Å². The van der Waals surface area contributed by atoms with Crippen LogP contribution < -0.4 is 0 Å². The molecule has 1 fully saturated rings. The van der Waals surface area contributed by atoms with Crippen LogP contribution >= 0.6 is 0 Å². The van der Waals surface area contributed by atoms with E-state index >= 15 is 0 Å². The van der Waals surface area contributed by atoms with Crippen molar-refractivity contribution < 1.29 is 4.79 Å². The zero-order chi connectivity index (χ0) is 8.69. The summed E-state index contributed by atoms with van der Waals surface area (Å²) in [5.74, 6) is 0.377. The first kappa shape index (κ1) is 13.1. The van der Waals surface area contributed by atoms with Crippen molar-refractivity contribution in [2.45, 2.75) is 40.0 Å². The van der Waals surface area contributed by atoms with Gasteiger partial charge in [0, 0.05) is 5.92 Å². The fourth-order valence-corrected chi connectivity index (χ4v) is 1.16. The third-order valence-corrected chi connectivity index (χ3v) is 1.82. The topological polar surface area (TPSA) is 31.2 Å². The molecule has 1 heterocycles. The minimum Gasteiger partial charge on any atom is -0.653 e. The molecule has 1 aliphatic heterocycles. The Morgan fingerprint density at radius 3 is 2.42 bits per heavy atom. The maximum atomic E-state index is 10.9. The van der Waals surface area contributed by atoms with Gasteiger partial charge in [-0.2, -0.15) is 0 Å². The summed E-state index contributed by atoms with van der Waals surface area (Å²) < 4.78 is 0. The number of carbonyl (C=O) groups is 1. The van der Waals surface area contributed by atoms with Gasteiger partial charge in [0.25, 0.3) is 0 Å². The second-order valence-electron chi connectivity index (χ2n) is 2.47. The summed E-state index contributed by atoms with van der Waals surface area (Å²) in [6.45, 7) is 6.80. The number of piperidine rings is 1. The molecule has 0 bridgehead atoms. The fraction of sp³-hybridized carbons (Fsp3) is 0.889. The second kappa shape index (κ2) is 7.58. The van der Waals surface area contributed by atoms with Gasteiger partial charge in [-0.1, -0.05) is 27.2 Å². The van der Waals surface area contributed by atoms with Crippen molar-refractivity contribution in [3.63, 3.8) is 0 Å². The fourth-order valence-electron chi connectivity index (χ4n) is 1.16. The molecule has 3 heteroatoms. The van der Waals surface area contributed by atoms with Gasteiger partial charge in [0.1, 0.15) is 0 Å². The first-order valence-electron chi connectivity index (χ1n) is 4.56. The molecule has 1 rings (SSSR count). The van der Waals surface area contributed by atoms with E-state index in [1.165, 1.54) is 0 Å². The molecule has 68 valence electrons. The first-order valence-corrected chi connectivity index (χ1v) is 4.56. The normalized spacial score (nSPS) is 21.2. The summed E-state index contributed by atoms with van der Waals surface area (Å²) in [5, 5.41) is 3.84. The molecule has 0 aromatic heterocycles. The molecule has 12 heavy (non-hydrogen) atoms. The molecule has 1 amide bonds. The van der Waals surface area contributed by atoms with Crippen molar-refractivity contribution in [1.82, 2.24) is 0 Å². The van der Waals surface area contributed by atoms with E-state index in [2.05, 4.69) is 5.32 Å². The number of hydrogen-bond donors (Lipinski definition) is 0. The molecule has 0 N–H and O–H groups in total. The number of carbonyl (C=O) groups excluding carboxylic acids is 1. The molecule has 1 atom stereocenters. The van der Waals surface area contributed by atoms with Crippen molar-refractivity contribution in [2.24, 2.45) is 5.92 Å². The van der Waals surface area contributed by atoms with Crippen LogP contribution in [0, 0.1) is 5.92 Å². The van der Waals surface area contributed by atoms with Gasteiger partial charge in [0.15, 0.2) is 0 Å². The smallest absolute Gasteiger partial charge is 0.0542 e. The third-order valence-electron chi connectivity index (χ3n) is 1.82. The molecule has 0 radical (unpaired) electrons. The van der Waals surface area contributed by atoms with Gasteiger partial charge in [-0.25, -0.2) is 0 Å². The Labute approximate surface area is 69.4 Å². The molecular formula is C9H18NORf-. The molecular weight excluding hydrogens is 405 g/mol. The summed E-state index contributed by atoms with van der Waals surface area (Å²) in [6, 6.07) is 0. The zero-order valence-corrected chi connectivity index (χ0v) is 14.9. The monoisotopic (exact) mass is 423 g/mol. The molecule has 0 saturated carbocycles. The molecule has 1 aliphatic rings. The number of rotatable bonds is 1. The average molecular weight is 423 g/mol. The largest absolute Gasteiger partial charge is 0.653 e. The van der Waals surface area contributed by atoms with Crippen LogP contribution in [0.25, 0.3) is 5.32 Å². The number of amides is 1. The third kappa shape index (κ3) is 3.59. The van der Waals surface area contributed by atoms with Crippen LogP contribution in [0.1, 0.15) is 40.0 Å². The van der Waals surface area contributed by atoms with Crippen LogP contribution in [0.5, 0.6) is 0 Å². The number of hydrogen-bond acceptors (Lipinski definition) is 1. The van der Waals surface area contributed by atoms with E-state index in [0.29, 0.717) is 0 Å². The van der Waals surface area contributed by atoms with Crippen LogP contribution in [0.4, 0.5) is 0 Å². The second-order valence-corrected chi connectivity index (χ2v) is 2.47. The van der Waals surface area contributed by atoms with Gasteiger partial charge in [-0.05, 0) is 12.8 Å². The quantitative estimate of drug-likeness (QED) is 0.639. The van der Waals surface area contributed by atoms with Gasteiger partial charge in [-0.3, -0.25) is 0 Å². The summed E-state index contributed by atoms with van der Waals surface area (Å²) in [6.07, 6.45) is 3.12. The summed E-state index contributed by atoms with van der Waals surface area (Å²) in [4.78, 5) is 10.9. The Morgan fingerprint density at radius 2 is 2.08 bits per heavy atom. The van der Waals surface area contributed by atoms with Gasteiger partial charge >= 0.3 is 0 Å². The van der Waals surface area contributed by atoms with E-state index in [1.807, 2.05) is 20.8 Å². The predicted octanol–water partition coefficient (Wildman–Crippen LogP) is 2.73. The molecule has 0 aromatic rings. The van der Waals surface area contributed by atoms with Gasteiger partial charge in [0.05, 0.1) is 5.91 Å². The maximum absolute atomic E-state index is 10.9. The molecule has 2 nitrogen and oxygen atoms in total. The molecule has 0 aromatic carbocycles. The first-order chi connectivity index (χ1) is 5.34. The van der Waals surface area contributed by atoms with Crippen molar-refractivity contribution in [2.75, 3.05) is 6.54 Å². The van der Waals surface area contributed by atoms with Crippen LogP contribution in [0.15, 0.2) is 0 Å². The minimum absolute atomic E-state index is 0. The SMILES string of the molecule is CC.CCC1CCC[N-]C1=O.[Rf]. The standard InChI is InChI=1S/C7H13NO.C2H6.Rf/c1-2-6-4-3-5-8-7(6)9;1-2;/h6H,2-5H2,1H3,(H,8,9);1-2H3;/p-1. The van der Waals surface area contributed by atoms with Crippen LogP contribution in [-0.2, 0) is 4.79 Å². The van der Waals surface area contributed by atoms with Crippen LogP contribution in [0.3, 0.4) is 0 Å². The Hall–Kier alpha value is -1.53. The van der Waals surface area contributed by atoms with Gasteiger partial charge in [-0.15, -0.1) is 6.54 Å². The van der Waals surface area contributed by atoms with E-state index in [-0.39, 0.29) is 11.8 Å². The van der Waals surface area contributed by atoms with E-state index in [4.69, 9.17) is 0 Å². The molecule has 1 saturated heterocycles. The van der Waals surface area contributed by atoms with Crippen molar-refractivity contribution in [1.29, 1.82) is 0 Å². The van der Waals surface area contributed by atoms with E-state index in [1.54, 1.807) is 0 Å². The van der Waals surface area contributed by atoms with Crippen LogP contribution in [0.2, 0.25) is 0 Å². The Morgan fingerprint density at radius 1 is 1.50 bits per heavy atom. The van der Waals surface area contributed by atoms with Crippen molar-refractivity contribution in [3.05, 3.63) is 5.32 Å². The Bertz CT molecular complexity index is 117. The van der Waals surface area contributed by atoms with Gasteiger partial charge in [0.2, 0.25) is 0 Å². The Kier molecular flexibility index (Phi) is 8.26. The summed E-state index contributed by atoms with van der Waals surface area (Å²) in [7, 11) is 0. The van der Waals surface area contributed by atoms with Crippen LogP contribution in [-0.4, -0.2) is 12.5 Å². The average Bonchev–Trinajstić information content (AvgIpc) is 2.09. The molecule has 0 spiro atoms. The van der Waals surface area contributed by atoms with E-state index in [0.717, 1.165) is 25.8 Å². The zero-order valence-electron chi connectivity index (χ0n) is 8.47. The Balaban J connectivity index is 0. The number of nitrogens with zero attached hydrogens (tertiary/aromatic N) is 1. The van der Waals surface area contributed by atoms with E-state index < -0.39 is 0 Å². The molecule has 1 unspecified atom stereocenters. The van der Waals surface area contributed by atoms with Gasteiger partial charge < -0.3 is 10.1 Å². The minimum atomic E-state index is 0. The summed E-state index contributed by atoms with van der Waals surface area (Å²) >= 11 is 0.